The molecule has 0 bridgehead atoms. The van der Waals surface area contributed by atoms with Crippen molar-refractivity contribution in [2.75, 3.05) is 0 Å². The van der Waals surface area contributed by atoms with Crippen LogP contribution in [-0.4, -0.2) is 11.8 Å². The number of ketones is 1. The van der Waals surface area contributed by atoms with E-state index < -0.39 is 0 Å². The van der Waals surface area contributed by atoms with Crippen molar-refractivity contribution in [3.8, 4) is 11.5 Å². The fourth-order valence-corrected chi connectivity index (χ4v) is 4.73. The first kappa shape index (κ1) is 29.9. The van der Waals surface area contributed by atoms with E-state index >= 15 is 0 Å². The molecule has 1 heterocycles. The van der Waals surface area contributed by atoms with Crippen molar-refractivity contribution in [1.82, 2.24) is 0 Å². The minimum absolute atomic E-state index is 0.210. The predicted octanol–water partition coefficient (Wildman–Crippen LogP) is 10.0. The monoisotopic (exact) mass is 580 g/mol. The van der Waals surface area contributed by atoms with Gasteiger partial charge in [-0.05, 0) is 74.1 Å². The zero-order valence-corrected chi connectivity index (χ0v) is 24.3. The number of hydrogen-bond donors (Lipinski definition) is 0. The van der Waals surface area contributed by atoms with Gasteiger partial charge in [-0.1, -0.05) is 98.5 Å². The molecule has 4 nitrogen and oxygen atoms in total. The lowest BCUT2D eigenvalue weighted by atomic mass is 10.1. The highest BCUT2D eigenvalue weighted by atomic mass is 79.9. The maximum absolute atomic E-state index is 12.8. The van der Waals surface area contributed by atoms with Crippen LogP contribution >= 0.6 is 15.9 Å². The third kappa shape index (κ3) is 10.6. The molecule has 3 rings (SSSR count). The molecule has 1 aliphatic rings. The Morgan fingerprint density at radius 3 is 2.16 bits per heavy atom. The van der Waals surface area contributed by atoms with Crippen molar-refractivity contribution in [2.24, 2.45) is 0 Å². The molecule has 5 heteroatoms. The largest absolute Gasteiger partial charge is 0.452 e. The van der Waals surface area contributed by atoms with Gasteiger partial charge in [0.25, 0.3) is 0 Å². The van der Waals surface area contributed by atoms with E-state index in [4.69, 9.17) is 9.47 Å². The van der Waals surface area contributed by atoms with Crippen molar-refractivity contribution < 1.29 is 19.1 Å². The highest BCUT2D eigenvalue weighted by molar-refractivity contribution is 9.10. The highest BCUT2D eigenvalue weighted by Gasteiger charge is 2.28. The van der Waals surface area contributed by atoms with Crippen LogP contribution in [0.3, 0.4) is 0 Å². The fourth-order valence-electron chi connectivity index (χ4n) is 4.46. The molecule has 0 N–H and O–H groups in total. The molecule has 38 heavy (non-hydrogen) atoms. The standard InChI is InChI=1S/C33H41BrO4/c1-2-3-4-5-6-7-8-9-10-11-12-13-14-15-16-17-32(35)37-28-22-23-30-29(25-28)33(36)31(38-30)24-26-18-20-27(34)21-19-26/h9-10,18-25H,2-8,11-17H2,1H3/b10-9-,31-24-. The second kappa shape index (κ2) is 17.0. The van der Waals surface area contributed by atoms with E-state index in [1.54, 1.807) is 24.3 Å². The molecule has 2 aromatic rings. The van der Waals surface area contributed by atoms with Crippen molar-refractivity contribution in [2.45, 2.75) is 96.8 Å². The van der Waals surface area contributed by atoms with E-state index in [0.29, 0.717) is 23.5 Å². The summed E-state index contributed by atoms with van der Waals surface area (Å²) in [6.45, 7) is 2.26. The average molecular weight is 582 g/mol. The number of ether oxygens (including phenoxy) is 2. The van der Waals surface area contributed by atoms with Gasteiger partial charge in [0, 0.05) is 10.9 Å². The van der Waals surface area contributed by atoms with E-state index in [2.05, 4.69) is 35.0 Å². The maximum Gasteiger partial charge on any atom is 0.311 e. The molecule has 0 spiro atoms. The van der Waals surface area contributed by atoms with Gasteiger partial charge >= 0.3 is 5.97 Å². The smallest absolute Gasteiger partial charge is 0.311 e. The van der Waals surface area contributed by atoms with Crippen LogP contribution in [0.5, 0.6) is 11.5 Å². The highest BCUT2D eigenvalue weighted by Crippen LogP contribution is 2.34. The van der Waals surface area contributed by atoms with Crippen LogP contribution in [0.25, 0.3) is 6.08 Å². The number of carbonyl (C=O) groups is 2. The Morgan fingerprint density at radius 2 is 1.47 bits per heavy atom. The van der Waals surface area contributed by atoms with Crippen LogP contribution in [0.15, 0.2) is 64.8 Å². The molecule has 0 atom stereocenters. The predicted molar refractivity (Wildman–Crippen MR) is 159 cm³/mol. The van der Waals surface area contributed by atoms with Gasteiger partial charge in [-0.25, -0.2) is 0 Å². The summed E-state index contributed by atoms with van der Waals surface area (Å²) >= 11 is 3.41. The number of rotatable bonds is 17. The van der Waals surface area contributed by atoms with Crippen LogP contribution in [0.1, 0.15) is 113 Å². The second-order valence-electron chi connectivity index (χ2n) is 9.96. The van der Waals surface area contributed by atoms with E-state index in [1.807, 2.05) is 24.3 Å². The normalized spacial score (nSPS) is 13.7. The lowest BCUT2D eigenvalue weighted by molar-refractivity contribution is -0.134. The van der Waals surface area contributed by atoms with Crippen molar-refractivity contribution in [3.63, 3.8) is 0 Å². The first-order valence-corrected chi connectivity index (χ1v) is 15.1. The zero-order valence-electron chi connectivity index (χ0n) is 22.7. The van der Waals surface area contributed by atoms with Crippen LogP contribution in [0, 0.1) is 0 Å². The number of hydrogen-bond acceptors (Lipinski definition) is 4. The Morgan fingerprint density at radius 1 is 0.842 bits per heavy atom. The number of allylic oxidation sites excluding steroid dienone is 3. The van der Waals surface area contributed by atoms with Gasteiger partial charge in [0.1, 0.15) is 11.5 Å². The van der Waals surface area contributed by atoms with Gasteiger partial charge in [0.05, 0.1) is 5.56 Å². The molecular weight excluding hydrogens is 540 g/mol. The molecular formula is C33H41BrO4. The number of fused-ring (bicyclic) bond motifs is 1. The zero-order chi connectivity index (χ0) is 27.0. The van der Waals surface area contributed by atoms with Crippen molar-refractivity contribution in [1.29, 1.82) is 0 Å². The van der Waals surface area contributed by atoms with Crippen LogP contribution in [0.2, 0.25) is 0 Å². The van der Waals surface area contributed by atoms with Gasteiger partial charge in [-0.15, -0.1) is 0 Å². The van der Waals surface area contributed by atoms with Gasteiger partial charge in [-0.2, -0.15) is 0 Å². The maximum atomic E-state index is 12.8. The van der Waals surface area contributed by atoms with Crippen LogP contribution in [-0.2, 0) is 4.79 Å². The minimum atomic E-state index is -0.264. The van der Waals surface area contributed by atoms with E-state index in [1.165, 1.54) is 57.8 Å². The SMILES string of the molecule is CCCCCCCC/C=C\CCCCCCCC(=O)Oc1ccc2c(c1)C(=O)/C(=C/c1ccc(Br)cc1)O2. The molecule has 0 aromatic heterocycles. The Balaban J connectivity index is 1.27. The molecule has 2 aromatic carbocycles. The number of Topliss-reactive ketones (excluding diaryl/α,β-unsaturated/α-hetero) is 1. The molecule has 0 unspecified atom stereocenters. The Kier molecular flexibility index (Phi) is 13.4. The Hall–Kier alpha value is -2.66. The molecule has 0 saturated carbocycles. The summed E-state index contributed by atoms with van der Waals surface area (Å²) in [6, 6.07) is 12.6. The quantitative estimate of drug-likeness (QED) is 0.0613. The van der Waals surface area contributed by atoms with Crippen LogP contribution < -0.4 is 9.47 Å². The van der Waals surface area contributed by atoms with E-state index in [9.17, 15) is 9.59 Å². The topological polar surface area (TPSA) is 52.6 Å². The van der Waals surface area contributed by atoms with Gasteiger partial charge in [0.15, 0.2) is 5.76 Å². The molecule has 1 aliphatic heterocycles. The summed E-state index contributed by atoms with van der Waals surface area (Å²) in [7, 11) is 0. The Labute approximate surface area is 236 Å². The van der Waals surface area contributed by atoms with E-state index in [0.717, 1.165) is 35.7 Å². The van der Waals surface area contributed by atoms with Gasteiger partial charge < -0.3 is 9.47 Å². The van der Waals surface area contributed by atoms with Gasteiger partial charge in [-0.3, -0.25) is 9.59 Å². The summed E-state index contributed by atoms with van der Waals surface area (Å²) in [5, 5.41) is 0. The Bertz CT molecular complexity index is 1080. The molecule has 0 aliphatic carbocycles. The summed E-state index contributed by atoms with van der Waals surface area (Å²) in [5.74, 6) is 0.649. The van der Waals surface area contributed by atoms with Gasteiger partial charge in [0.2, 0.25) is 5.78 Å². The molecule has 0 amide bonds. The second-order valence-corrected chi connectivity index (χ2v) is 10.9. The fraction of sp³-hybridized carbons (Fsp3) is 0.455. The first-order chi connectivity index (χ1) is 18.6. The lowest BCUT2D eigenvalue weighted by Gasteiger charge is -2.05. The lowest BCUT2D eigenvalue weighted by Crippen LogP contribution is -2.07. The first-order valence-electron chi connectivity index (χ1n) is 14.3. The summed E-state index contributed by atoms with van der Waals surface area (Å²) < 4.78 is 12.2. The molecule has 204 valence electrons. The summed E-state index contributed by atoms with van der Waals surface area (Å²) in [4.78, 5) is 25.1. The molecule has 0 saturated heterocycles. The third-order valence-corrected chi connectivity index (χ3v) is 7.21. The number of esters is 1. The minimum Gasteiger partial charge on any atom is -0.452 e. The third-order valence-electron chi connectivity index (χ3n) is 6.68. The number of halogens is 1. The number of carbonyl (C=O) groups excluding carboxylic acids is 2. The average Bonchev–Trinajstić information content (AvgIpc) is 3.22. The number of benzene rings is 2. The van der Waals surface area contributed by atoms with Crippen molar-refractivity contribution in [3.05, 3.63) is 76.0 Å². The van der Waals surface area contributed by atoms with Crippen molar-refractivity contribution >= 4 is 33.8 Å². The summed E-state index contributed by atoms with van der Waals surface area (Å²) in [5.41, 5.74) is 1.29. The molecule has 0 fully saturated rings. The summed E-state index contributed by atoms with van der Waals surface area (Å²) in [6.07, 6.45) is 22.6. The van der Waals surface area contributed by atoms with Crippen LogP contribution in [0.4, 0.5) is 0 Å². The number of unbranched alkanes of at least 4 members (excludes halogenated alkanes) is 11. The van der Waals surface area contributed by atoms with E-state index in [-0.39, 0.29) is 17.5 Å². The molecule has 0 radical (unpaired) electrons.